The normalized spacial score (nSPS) is 11.8. The lowest BCUT2D eigenvalue weighted by atomic mass is 10.0. The van der Waals surface area contributed by atoms with Crippen molar-refractivity contribution in [1.29, 1.82) is 0 Å². The van der Waals surface area contributed by atoms with Gasteiger partial charge in [0.15, 0.2) is 5.76 Å². The third-order valence-corrected chi connectivity index (χ3v) is 3.57. The van der Waals surface area contributed by atoms with E-state index in [2.05, 4.69) is 0 Å². The fourth-order valence-electron chi connectivity index (χ4n) is 2.35. The summed E-state index contributed by atoms with van der Waals surface area (Å²) in [6.07, 6.45) is -0.395. The Bertz CT molecular complexity index is 716. The van der Waals surface area contributed by atoms with Crippen molar-refractivity contribution in [1.82, 2.24) is 0 Å². The van der Waals surface area contributed by atoms with Crippen LogP contribution in [0.25, 0.3) is 11.3 Å². The molecular weight excluding hydrogens is 326 g/mol. The summed E-state index contributed by atoms with van der Waals surface area (Å²) >= 11 is 0. The van der Waals surface area contributed by atoms with Crippen molar-refractivity contribution in [3.05, 3.63) is 47.2 Å². The van der Waals surface area contributed by atoms with Crippen molar-refractivity contribution >= 4 is 11.9 Å². The summed E-state index contributed by atoms with van der Waals surface area (Å²) in [6.45, 7) is 2.86. The van der Waals surface area contributed by atoms with E-state index in [4.69, 9.17) is 13.9 Å². The van der Waals surface area contributed by atoms with Gasteiger partial charge in [-0.25, -0.2) is 9.59 Å². The summed E-state index contributed by atoms with van der Waals surface area (Å²) in [4.78, 5) is 23.7. The number of ether oxygens (including phenoxy) is 2. The van der Waals surface area contributed by atoms with Crippen LogP contribution in [-0.2, 0) is 16.0 Å². The number of furan rings is 1. The van der Waals surface area contributed by atoms with Crippen molar-refractivity contribution in [3.8, 4) is 11.3 Å². The van der Waals surface area contributed by atoms with Crippen LogP contribution in [0.4, 0.5) is 0 Å². The smallest absolute Gasteiger partial charge is 0.337 e. The molecular formula is C18H22NO6+. The van der Waals surface area contributed by atoms with Gasteiger partial charge in [-0.1, -0.05) is 0 Å². The van der Waals surface area contributed by atoms with E-state index in [9.17, 15) is 14.7 Å². The first kappa shape index (κ1) is 18.7. The molecule has 25 heavy (non-hydrogen) atoms. The van der Waals surface area contributed by atoms with Crippen molar-refractivity contribution in [2.24, 2.45) is 0 Å². The van der Waals surface area contributed by atoms with Gasteiger partial charge in [-0.05, 0) is 37.3 Å². The Morgan fingerprint density at radius 2 is 1.72 bits per heavy atom. The minimum atomic E-state index is -0.552. The van der Waals surface area contributed by atoms with Gasteiger partial charge in [-0.15, -0.1) is 0 Å². The van der Waals surface area contributed by atoms with Gasteiger partial charge >= 0.3 is 11.9 Å². The van der Waals surface area contributed by atoms with Crippen LogP contribution in [0, 0.1) is 0 Å². The zero-order valence-corrected chi connectivity index (χ0v) is 14.4. The summed E-state index contributed by atoms with van der Waals surface area (Å²) in [6, 6.07) is 8.20. The maximum atomic E-state index is 11.8. The number of quaternary nitrogens is 1. The molecule has 2 rings (SSSR count). The SMILES string of the molecule is COC(=O)c1cc(C(=O)OC)cc(-c2ccc(C[NH2+]C[C@@H](C)O)o2)c1. The second-order valence-electron chi connectivity index (χ2n) is 5.63. The molecule has 1 aromatic heterocycles. The van der Waals surface area contributed by atoms with Crippen LogP contribution in [0.1, 0.15) is 33.4 Å². The van der Waals surface area contributed by atoms with Crippen LogP contribution in [0.5, 0.6) is 0 Å². The van der Waals surface area contributed by atoms with Crippen LogP contribution in [-0.4, -0.2) is 43.9 Å². The molecule has 1 heterocycles. The van der Waals surface area contributed by atoms with Crippen LogP contribution >= 0.6 is 0 Å². The fraction of sp³-hybridized carbons (Fsp3) is 0.333. The first-order chi connectivity index (χ1) is 11.9. The first-order valence-corrected chi connectivity index (χ1v) is 7.85. The van der Waals surface area contributed by atoms with E-state index in [1.165, 1.54) is 20.3 Å². The maximum Gasteiger partial charge on any atom is 0.337 e. The highest BCUT2D eigenvalue weighted by atomic mass is 16.5. The summed E-state index contributed by atoms with van der Waals surface area (Å²) < 4.78 is 15.2. The lowest BCUT2D eigenvalue weighted by Gasteiger charge is -2.06. The zero-order valence-electron chi connectivity index (χ0n) is 14.4. The highest BCUT2D eigenvalue weighted by Crippen LogP contribution is 2.25. The number of aliphatic hydroxyl groups excluding tert-OH is 1. The minimum Gasteiger partial charge on any atom is -0.465 e. The van der Waals surface area contributed by atoms with Gasteiger partial charge in [0.25, 0.3) is 0 Å². The highest BCUT2D eigenvalue weighted by Gasteiger charge is 2.16. The molecule has 0 saturated carbocycles. The summed E-state index contributed by atoms with van der Waals surface area (Å²) in [5.41, 5.74) is 1.04. The van der Waals surface area contributed by atoms with Crippen LogP contribution in [0.3, 0.4) is 0 Å². The second-order valence-corrected chi connectivity index (χ2v) is 5.63. The van der Waals surface area contributed by atoms with Crippen molar-refractivity contribution < 1.29 is 33.9 Å². The zero-order chi connectivity index (χ0) is 18.4. The maximum absolute atomic E-state index is 11.8. The Balaban J connectivity index is 2.29. The fourth-order valence-corrected chi connectivity index (χ4v) is 2.35. The van der Waals surface area contributed by atoms with Crippen LogP contribution < -0.4 is 5.32 Å². The molecule has 0 radical (unpaired) electrons. The number of rotatable bonds is 7. The molecule has 134 valence electrons. The number of aliphatic hydroxyl groups is 1. The van der Waals surface area contributed by atoms with E-state index < -0.39 is 18.0 Å². The third-order valence-electron chi connectivity index (χ3n) is 3.57. The Morgan fingerprint density at radius 1 is 1.12 bits per heavy atom. The monoisotopic (exact) mass is 348 g/mol. The van der Waals surface area contributed by atoms with E-state index in [-0.39, 0.29) is 11.1 Å². The third kappa shape index (κ3) is 4.91. The molecule has 0 bridgehead atoms. The van der Waals surface area contributed by atoms with Gasteiger partial charge in [0.05, 0.1) is 31.5 Å². The quantitative estimate of drug-likeness (QED) is 0.723. The Labute approximate surface area is 145 Å². The first-order valence-electron chi connectivity index (χ1n) is 7.85. The standard InChI is InChI=1S/C18H21NO6/c1-11(20)9-19-10-15-4-5-16(25-15)12-6-13(17(21)23-2)8-14(7-12)18(22)24-3/h4-8,11,19-20H,9-10H2,1-3H3/p+1/t11-/m1/s1. The molecule has 3 N–H and O–H groups in total. The molecule has 0 fully saturated rings. The van der Waals surface area contributed by atoms with Crippen molar-refractivity contribution in [2.75, 3.05) is 20.8 Å². The van der Waals surface area contributed by atoms with Crippen molar-refractivity contribution in [3.63, 3.8) is 0 Å². The number of esters is 2. The number of benzene rings is 1. The van der Waals surface area contributed by atoms with E-state index >= 15 is 0 Å². The van der Waals surface area contributed by atoms with E-state index in [1.54, 1.807) is 25.1 Å². The Morgan fingerprint density at radius 3 is 2.24 bits per heavy atom. The lowest BCUT2D eigenvalue weighted by Crippen LogP contribution is -2.84. The van der Waals surface area contributed by atoms with Gasteiger partial charge in [0, 0.05) is 5.56 Å². The average molecular weight is 348 g/mol. The molecule has 0 spiro atoms. The summed E-state index contributed by atoms with van der Waals surface area (Å²) in [5.74, 6) is 0.142. The second kappa shape index (κ2) is 8.46. The van der Waals surface area contributed by atoms with E-state index in [0.717, 1.165) is 5.76 Å². The topological polar surface area (TPSA) is 103 Å². The molecule has 0 aliphatic rings. The number of carbonyl (C=O) groups is 2. The van der Waals surface area contributed by atoms with Crippen LogP contribution in [0.15, 0.2) is 34.7 Å². The number of carbonyl (C=O) groups excluding carboxylic acids is 2. The number of methoxy groups -OCH3 is 2. The predicted molar refractivity (Wildman–Crippen MR) is 89.0 cm³/mol. The lowest BCUT2D eigenvalue weighted by molar-refractivity contribution is -0.677. The number of nitrogens with two attached hydrogens (primary N) is 1. The molecule has 0 aliphatic heterocycles. The Hall–Kier alpha value is -2.64. The minimum absolute atomic E-state index is 0.235. The van der Waals surface area contributed by atoms with E-state index in [1.807, 2.05) is 11.4 Å². The number of hydrogen-bond donors (Lipinski definition) is 2. The molecule has 0 unspecified atom stereocenters. The van der Waals surface area contributed by atoms with Crippen molar-refractivity contribution in [2.45, 2.75) is 19.6 Å². The molecule has 7 nitrogen and oxygen atoms in total. The summed E-state index contributed by atoms with van der Waals surface area (Å²) in [7, 11) is 2.55. The van der Waals surface area contributed by atoms with Gasteiger partial charge in [-0.2, -0.15) is 0 Å². The van der Waals surface area contributed by atoms with Gasteiger partial charge in [0.2, 0.25) is 0 Å². The van der Waals surface area contributed by atoms with E-state index in [0.29, 0.717) is 24.4 Å². The summed E-state index contributed by atoms with van der Waals surface area (Å²) in [5, 5.41) is 11.2. The predicted octanol–water partition coefficient (Wildman–Crippen LogP) is 0.964. The molecule has 7 heteroatoms. The molecule has 0 saturated heterocycles. The largest absolute Gasteiger partial charge is 0.465 e. The highest BCUT2D eigenvalue weighted by molar-refractivity contribution is 5.97. The van der Waals surface area contributed by atoms with Crippen LogP contribution in [0.2, 0.25) is 0 Å². The van der Waals surface area contributed by atoms with Gasteiger partial charge in [0.1, 0.15) is 18.8 Å². The van der Waals surface area contributed by atoms with Gasteiger partial charge < -0.3 is 24.3 Å². The van der Waals surface area contributed by atoms with Gasteiger partial charge in [-0.3, -0.25) is 0 Å². The number of hydrogen-bond acceptors (Lipinski definition) is 6. The molecule has 0 aliphatic carbocycles. The molecule has 2 aromatic rings. The average Bonchev–Trinajstić information content (AvgIpc) is 3.08. The molecule has 0 amide bonds. The Kier molecular flexibility index (Phi) is 6.32. The molecule has 1 atom stereocenters. The molecule has 1 aromatic carbocycles.